The number of amides is 2. The second kappa shape index (κ2) is 10.3. The summed E-state index contributed by atoms with van der Waals surface area (Å²) >= 11 is 0. The maximum Gasteiger partial charge on any atom is 0.255 e. The van der Waals surface area contributed by atoms with Gasteiger partial charge >= 0.3 is 0 Å². The monoisotopic (exact) mass is 384 g/mol. The van der Waals surface area contributed by atoms with Gasteiger partial charge in [-0.2, -0.15) is 0 Å². The van der Waals surface area contributed by atoms with E-state index in [0.717, 1.165) is 6.42 Å². The van der Waals surface area contributed by atoms with Crippen LogP contribution in [-0.4, -0.2) is 31.1 Å². The van der Waals surface area contributed by atoms with Crippen LogP contribution in [0.15, 0.2) is 42.5 Å². The summed E-state index contributed by atoms with van der Waals surface area (Å²) in [6, 6.07) is 12.0. The van der Waals surface area contributed by atoms with Crippen LogP contribution in [0.3, 0.4) is 0 Å². The normalized spacial score (nSPS) is 11.4. The molecule has 6 nitrogen and oxygen atoms in total. The van der Waals surface area contributed by atoms with Gasteiger partial charge in [-0.05, 0) is 57.5 Å². The van der Waals surface area contributed by atoms with Crippen molar-refractivity contribution in [3.63, 3.8) is 0 Å². The van der Waals surface area contributed by atoms with Gasteiger partial charge in [0.25, 0.3) is 11.8 Å². The van der Waals surface area contributed by atoms with Crippen LogP contribution < -0.4 is 20.1 Å². The molecule has 0 aliphatic carbocycles. The van der Waals surface area contributed by atoms with E-state index in [1.165, 1.54) is 0 Å². The molecule has 0 heterocycles. The SMILES string of the molecule is CCOc1ccc(C(=O)Nc2ccccc2C(=O)N[C@H](C)CC)cc1OCC. The first-order chi connectivity index (χ1) is 13.5. The molecule has 0 saturated heterocycles. The molecule has 0 aromatic heterocycles. The predicted molar refractivity (Wildman–Crippen MR) is 110 cm³/mol. The number of carbonyl (C=O) groups excluding carboxylic acids is 2. The molecule has 1 atom stereocenters. The smallest absolute Gasteiger partial charge is 0.255 e. The summed E-state index contributed by atoms with van der Waals surface area (Å²) in [6.07, 6.45) is 0.826. The first-order valence-electron chi connectivity index (χ1n) is 9.60. The van der Waals surface area contributed by atoms with E-state index < -0.39 is 0 Å². The van der Waals surface area contributed by atoms with Crippen molar-refractivity contribution in [1.29, 1.82) is 0 Å². The van der Waals surface area contributed by atoms with Crippen LogP contribution in [0.5, 0.6) is 11.5 Å². The van der Waals surface area contributed by atoms with Crippen molar-refractivity contribution in [2.24, 2.45) is 0 Å². The highest BCUT2D eigenvalue weighted by Crippen LogP contribution is 2.29. The Morgan fingerprint density at radius 2 is 1.61 bits per heavy atom. The number of hydrogen-bond acceptors (Lipinski definition) is 4. The molecule has 2 rings (SSSR count). The lowest BCUT2D eigenvalue weighted by Gasteiger charge is -2.15. The zero-order valence-corrected chi connectivity index (χ0v) is 16.9. The minimum atomic E-state index is -0.326. The number of nitrogens with one attached hydrogen (secondary N) is 2. The summed E-state index contributed by atoms with van der Waals surface area (Å²) in [4.78, 5) is 25.3. The lowest BCUT2D eigenvalue weighted by atomic mass is 10.1. The van der Waals surface area contributed by atoms with Crippen molar-refractivity contribution in [3.05, 3.63) is 53.6 Å². The highest BCUT2D eigenvalue weighted by Gasteiger charge is 2.16. The molecule has 2 aromatic rings. The van der Waals surface area contributed by atoms with E-state index in [0.29, 0.717) is 41.5 Å². The van der Waals surface area contributed by atoms with Crippen molar-refractivity contribution in [2.45, 2.75) is 40.2 Å². The van der Waals surface area contributed by atoms with Crippen LogP contribution in [-0.2, 0) is 0 Å². The predicted octanol–water partition coefficient (Wildman–Crippen LogP) is 4.26. The van der Waals surface area contributed by atoms with Gasteiger partial charge < -0.3 is 20.1 Å². The van der Waals surface area contributed by atoms with Crippen LogP contribution in [0, 0.1) is 0 Å². The van der Waals surface area contributed by atoms with Crippen molar-refractivity contribution in [3.8, 4) is 11.5 Å². The van der Waals surface area contributed by atoms with Gasteiger partial charge in [-0.25, -0.2) is 0 Å². The van der Waals surface area contributed by atoms with Gasteiger partial charge in [-0.15, -0.1) is 0 Å². The molecule has 0 radical (unpaired) electrons. The first kappa shape index (κ1) is 21.3. The maximum atomic E-state index is 12.8. The second-order valence-electron chi connectivity index (χ2n) is 6.31. The largest absolute Gasteiger partial charge is 0.490 e. The summed E-state index contributed by atoms with van der Waals surface area (Å²) in [7, 11) is 0. The summed E-state index contributed by atoms with van der Waals surface area (Å²) in [5, 5.41) is 5.74. The standard InChI is InChI=1S/C22H28N2O4/c1-5-15(4)23-22(26)17-10-8-9-11-18(17)24-21(25)16-12-13-19(27-6-2)20(14-16)28-7-3/h8-15H,5-7H2,1-4H3,(H,23,26)(H,24,25)/t15-/m1/s1. The van der Waals surface area contributed by atoms with Crippen molar-refractivity contribution >= 4 is 17.5 Å². The number of rotatable bonds is 9. The fourth-order valence-corrected chi connectivity index (χ4v) is 2.58. The van der Waals surface area contributed by atoms with Gasteiger partial charge in [-0.3, -0.25) is 9.59 Å². The Hall–Kier alpha value is -3.02. The fraction of sp³-hybridized carbons (Fsp3) is 0.364. The van der Waals surface area contributed by atoms with Crippen molar-refractivity contribution in [1.82, 2.24) is 5.32 Å². The van der Waals surface area contributed by atoms with Gasteiger partial charge in [0.05, 0.1) is 24.5 Å². The Morgan fingerprint density at radius 1 is 0.929 bits per heavy atom. The zero-order chi connectivity index (χ0) is 20.5. The molecule has 28 heavy (non-hydrogen) atoms. The van der Waals surface area contributed by atoms with E-state index in [1.54, 1.807) is 42.5 Å². The third-order valence-corrected chi connectivity index (χ3v) is 4.22. The molecule has 0 fully saturated rings. The van der Waals surface area contributed by atoms with Gasteiger partial charge in [0, 0.05) is 11.6 Å². The quantitative estimate of drug-likeness (QED) is 0.677. The molecular weight excluding hydrogens is 356 g/mol. The third-order valence-electron chi connectivity index (χ3n) is 4.22. The highest BCUT2D eigenvalue weighted by atomic mass is 16.5. The van der Waals surface area contributed by atoms with E-state index in [-0.39, 0.29) is 17.9 Å². The number of ether oxygens (including phenoxy) is 2. The summed E-state index contributed by atoms with van der Waals surface area (Å²) in [5.74, 6) is 0.564. The average molecular weight is 384 g/mol. The first-order valence-corrected chi connectivity index (χ1v) is 9.60. The average Bonchev–Trinajstić information content (AvgIpc) is 2.69. The number of anilines is 1. The molecule has 0 bridgehead atoms. The summed E-state index contributed by atoms with van der Waals surface area (Å²) in [6.45, 7) is 8.66. The molecule has 0 spiro atoms. The van der Waals surface area contributed by atoms with Gasteiger partial charge in [0.15, 0.2) is 11.5 Å². The Balaban J connectivity index is 2.23. The van der Waals surface area contributed by atoms with E-state index >= 15 is 0 Å². The molecule has 0 unspecified atom stereocenters. The Bertz CT molecular complexity index is 820. The fourth-order valence-electron chi connectivity index (χ4n) is 2.58. The second-order valence-corrected chi connectivity index (χ2v) is 6.31. The Labute approximate surface area is 166 Å². The van der Waals surface area contributed by atoms with Crippen molar-refractivity contribution in [2.75, 3.05) is 18.5 Å². The van der Waals surface area contributed by atoms with Crippen LogP contribution in [0.25, 0.3) is 0 Å². The summed E-state index contributed by atoms with van der Waals surface area (Å²) in [5.41, 5.74) is 1.30. The maximum absolute atomic E-state index is 12.8. The van der Waals surface area contributed by atoms with E-state index in [2.05, 4.69) is 10.6 Å². The Kier molecular flexibility index (Phi) is 7.87. The third kappa shape index (κ3) is 5.49. The number of para-hydroxylation sites is 1. The minimum Gasteiger partial charge on any atom is -0.490 e. The van der Waals surface area contributed by atoms with Crippen LogP contribution in [0.2, 0.25) is 0 Å². The molecule has 2 N–H and O–H groups in total. The van der Waals surface area contributed by atoms with Crippen molar-refractivity contribution < 1.29 is 19.1 Å². The molecule has 0 aliphatic rings. The molecule has 0 saturated carbocycles. The van der Waals surface area contributed by atoms with E-state index in [4.69, 9.17) is 9.47 Å². The molecule has 2 aromatic carbocycles. The molecule has 6 heteroatoms. The number of hydrogen-bond donors (Lipinski definition) is 2. The van der Waals surface area contributed by atoms with Gasteiger partial charge in [0.1, 0.15) is 0 Å². The topological polar surface area (TPSA) is 76.7 Å². The van der Waals surface area contributed by atoms with Gasteiger partial charge in [-0.1, -0.05) is 19.1 Å². The Morgan fingerprint density at radius 3 is 2.29 bits per heavy atom. The molecule has 2 amide bonds. The van der Waals surface area contributed by atoms with E-state index in [9.17, 15) is 9.59 Å². The molecule has 150 valence electrons. The number of carbonyl (C=O) groups is 2. The lowest BCUT2D eigenvalue weighted by Crippen LogP contribution is -2.32. The van der Waals surface area contributed by atoms with Crippen LogP contribution >= 0.6 is 0 Å². The minimum absolute atomic E-state index is 0.0520. The number of benzene rings is 2. The lowest BCUT2D eigenvalue weighted by molar-refractivity contribution is 0.0940. The highest BCUT2D eigenvalue weighted by molar-refractivity contribution is 6.09. The zero-order valence-electron chi connectivity index (χ0n) is 16.9. The van der Waals surface area contributed by atoms with Gasteiger partial charge in [0.2, 0.25) is 0 Å². The van der Waals surface area contributed by atoms with Crippen LogP contribution in [0.4, 0.5) is 5.69 Å². The molecule has 0 aliphatic heterocycles. The van der Waals surface area contributed by atoms with Crippen LogP contribution in [0.1, 0.15) is 54.8 Å². The van der Waals surface area contributed by atoms with E-state index in [1.807, 2.05) is 27.7 Å². The molecular formula is C22H28N2O4. The summed E-state index contributed by atoms with van der Waals surface area (Å²) < 4.78 is 11.1.